The lowest BCUT2D eigenvalue weighted by atomic mass is 9.98. The van der Waals surface area contributed by atoms with E-state index in [0.29, 0.717) is 13.1 Å². The van der Waals surface area contributed by atoms with Gasteiger partial charge in [-0.15, -0.1) is 0 Å². The van der Waals surface area contributed by atoms with Gasteiger partial charge in [0.25, 0.3) is 0 Å². The summed E-state index contributed by atoms with van der Waals surface area (Å²) in [6, 6.07) is 11.5. The third kappa shape index (κ3) is 4.78. The highest BCUT2D eigenvalue weighted by Crippen LogP contribution is 2.25. The minimum atomic E-state index is -4.38. The lowest BCUT2D eigenvalue weighted by Gasteiger charge is -2.33. The van der Waals surface area contributed by atoms with Gasteiger partial charge in [0.1, 0.15) is 11.6 Å². The van der Waals surface area contributed by atoms with Crippen LogP contribution in [0, 0.1) is 11.6 Å². The molecule has 0 spiro atoms. The quantitative estimate of drug-likeness (QED) is 0.735. The summed E-state index contributed by atoms with van der Waals surface area (Å²) in [6.45, 7) is 2.84. The molecule has 0 aromatic heterocycles. The van der Waals surface area contributed by atoms with Crippen LogP contribution in [0.2, 0.25) is 0 Å². The number of carbonyl (C=O) groups excluding carboxylic acids is 1. The van der Waals surface area contributed by atoms with E-state index in [-0.39, 0.29) is 24.9 Å². The van der Waals surface area contributed by atoms with Gasteiger partial charge in [-0.25, -0.2) is 21.9 Å². The van der Waals surface area contributed by atoms with Crippen molar-refractivity contribution in [3.05, 3.63) is 65.2 Å². The van der Waals surface area contributed by atoms with E-state index in [2.05, 4.69) is 27.8 Å². The first-order chi connectivity index (χ1) is 14.8. The predicted octanol–water partition coefficient (Wildman–Crippen LogP) is 2.29. The van der Waals surface area contributed by atoms with Gasteiger partial charge in [0, 0.05) is 45.2 Å². The smallest absolute Gasteiger partial charge is 0.246 e. The van der Waals surface area contributed by atoms with Gasteiger partial charge in [-0.05, 0) is 36.1 Å². The Morgan fingerprint density at radius 2 is 1.74 bits per heavy atom. The Bertz CT molecular complexity index is 1060. The van der Waals surface area contributed by atoms with Gasteiger partial charge < -0.3 is 4.90 Å². The van der Waals surface area contributed by atoms with Crippen LogP contribution in [-0.2, 0) is 27.8 Å². The molecule has 2 aromatic rings. The maximum atomic E-state index is 13.8. The third-order valence-electron chi connectivity index (χ3n) is 6.01. The Morgan fingerprint density at radius 3 is 2.48 bits per heavy atom. The Kier molecular flexibility index (Phi) is 6.36. The first-order valence-electron chi connectivity index (χ1n) is 10.4. The van der Waals surface area contributed by atoms with Crippen LogP contribution in [0.3, 0.4) is 0 Å². The highest BCUT2D eigenvalue weighted by Gasteiger charge is 2.32. The van der Waals surface area contributed by atoms with Crippen molar-refractivity contribution >= 4 is 15.9 Å². The van der Waals surface area contributed by atoms with Gasteiger partial charge in [-0.2, -0.15) is 0 Å². The molecule has 6 nitrogen and oxygen atoms in total. The van der Waals surface area contributed by atoms with E-state index in [1.165, 1.54) is 11.1 Å². The minimum absolute atomic E-state index is 0.0646. The zero-order valence-corrected chi connectivity index (χ0v) is 17.9. The molecule has 0 aliphatic carbocycles. The van der Waals surface area contributed by atoms with Crippen LogP contribution in [-0.4, -0.2) is 56.3 Å². The summed E-state index contributed by atoms with van der Waals surface area (Å²) in [6.07, 6.45) is 1.81. The normalized spacial score (nSPS) is 19.4. The number of amides is 1. The molecule has 1 amide bonds. The Hall–Kier alpha value is -2.36. The molecule has 1 unspecified atom stereocenters. The van der Waals surface area contributed by atoms with Crippen LogP contribution >= 0.6 is 0 Å². The van der Waals surface area contributed by atoms with E-state index in [1.807, 2.05) is 6.07 Å². The first kappa shape index (κ1) is 21.9. The van der Waals surface area contributed by atoms with Gasteiger partial charge in [0.05, 0.1) is 0 Å². The largest absolute Gasteiger partial charge is 0.341 e. The topological polar surface area (TPSA) is 69.7 Å². The highest BCUT2D eigenvalue weighted by molar-refractivity contribution is 7.89. The van der Waals surface area contributed by atoms with Crippen LogP contribution in [0.15, 0.2) is 47.4 Å². The maximum Gasteiger partial charge on any atom is 0.246 e. The number of hydrogen-bond acceptors (Lipinski definition) is 4. The average Bonchev–Trinajstić information content (AvgIpc) is 3.23. The summed E-state index contributed by atoms with van der Waals surface area (Å²) < 4.78 is 54.1. The van der Waals surface area contributed by atoms with Crippen molar-refractivity contribution in [2.45, 2.75) is 36.7 Å². The fraction of sp³-hybridized carbons (Fsp3) is 0.409. The molecule has 166 valence electrons. The van der Waals surface area contributed by atoms with Crippen molar-refractivity contribution in [3.63, 3.8) is 0 Å². The van der Waals surface area contributed by atoms with Gasteiger partial charge in [0.15, 0.2) is 4.90 Å². The Labute approximate surface area is 180 Å². The third-order valence-corrected chi connectivity index (χ3v) is 7.52. The fourth-order valence-electron chi connectivity index (χ4n) is 4.36. The summed E-state index contributed by atoms with van der Waals surface area (Å²) in [5, 5.41) is 0. The summed E-state index contributed by atoms with van der Waals surface area (Å²) in [5.41, 5.74) is 2.71. The second-order valence-electron chi connectivity index (χ2n) is 7.97. The van der Waals surface area contributed by atoms with E-state index in [9.17, 15) is 22.0 Å². The van der Waals surface area contributed by atoms with E-state index in [4.69, 9.17) is 0 Å². The molecule has 4 rings (SSSR count). The molecule has 0 saturated carbocycles. The van der Waals surface area contributed by atoms with Crippen LogP contribution in [0.25, 0.3) is 0 Å². The number of nitrogens with zero attached hydrogens (tertiary/aromatic N) is 2. The predicted molar refractivity (Wildman–Crippen MR) is 112 cm³/mol. The van der Waals surface area contributed by atoms with Crippen LogP contribution in [0.4, 0.5) is 8.78 Å². The molecule has 1 fully saturated rings. The zero-order chi connectivity index (χ0) is 22.0. The zero-order valence-electron chi connectivity index (χ0n) is 17.1. The Balaban J connectivity index is 1.29. The number of sulfonamides is 1. The van der Waals surface area contributed by atoms with Gasteiger partial charge >= 0.3 is 0 Å². The lowest BCUT2D eigenvalue weighted by Crippen LogP contribution is -2.42. The summed E-state index contributed by atoms with van der Waals surface area (Å²) >= 11 is 0. The first-order valence-corrected chi connectivity index (χ1v) is 11.9. The Morgan fingerprint density at radius 1 is 1.03 bits per heavy atom. The second-order valence-corrected chi connectivity index (χ2v) is 9.67. The molecule has 2 heterocycles. The van der Waals surface area contributed by atoms with Crippen LogP contribution in [0.5, 0.6) is 0 Å². The molecule has 31 heavy (non-hydrogen) atoms. The molecule has 1 saturated heterocycles. The average molecular weight is 450 g/mol. The second kappa shape index (κ2) is 9.02. The molecular weight excluding hydrogens is 424 g/mol. The van der Waals surface area contributed by atoms with E-state index < -0.39 is 26.6 Å². The van der Waals surface area contributed by atoms with Crippen molar-refractivity contribution in [1.82, 2.24) is 14.5 Å². The maximum absolute atomic E-state index is 13.8. The number of hydrogen-bond donors (Lipinski definition) is 1. The van der Waals surface area contributed by atoms with Gasteiger partial charge in [-0.1, -0.05) is 30.3 Å². The van der Waals surface area contributed by atoms with Crippen LogP contribution in [0.1, 0.15) is 24.0 Å². The van der Waals surface area contributed by atoms with Crippen molar-refractivity contribution in [1.29, 1.82) is 0 Å². The van der Waals surface area contributed by atoms with Crippen molar-refractivity contribution in [3.8, 4) is 0 Å². The minimum Gasteiger partial charge on any atom is -0.341 e. The standard InChI is InChI=1S/C22H25F2N3O3S/c23-19-6-3-7-20(24)22(19)31(29,30)25-11-8-21(28)27-13-10-18(15-27)26-12-9-16-4-1-2-5-17(16)14-26/h1-7,18,25H,8-15H2. The molecule has 1 N–H and O–H groups in total. The van der Waals surface area contributed by atoms with E-state index >= 15 is 0 Å². The summed E-state index contributed by atoms with van der Waals surface area (Å²) in [4.78, 5) is 15.7. The summed E-state index contributed by atoms with van der Waals surface area (Å²) in [7, 11) is -4.38. The monoisotopic (exact) mass is 449 g/mol. The van der Waals surface area contributed by atoms with Gasteiger partial charge in [-0.3, -0.25) is 9.69 Å². The SMILES string of the molecule is O=C(CCNS(=O)(=O)c1c(F)cccc1F)N1CCC(N2CCc3ccccc3C2)C1. The number of nitrogens with one attached hydrogen (secondary N) is 1. The number of benzene rings is 2. The number of fused-ring (bicyclic) bond motifs is 1. The van der Waals surface area contributed by atoms with Gasteiger partial charge in [0.2, 0.25) is 15.9 Å². The van der Waals surface area contributed by atoms with Crippen molar-refractivity contribution in [2.24, 2.45) is 0 Å². The number of halogens is 2. The molecule has 1 atom stereocenters. The van der Waals surface area contributed by atoms with E-state index in [0.717, 1.165) is 44.1 Å². The molecule has 2 aliphatic heterocycles. The molecule has 2 aliphatic rings. The summed E-state index contributed by atoms with van der Waals surface area (Å²) in [5.74, 6) is -2.50. The van der Waals surface area contributed by atoms with Crippen molar-refractivity contribution < 1.29 is 22.0 Å². The number of rotatable bonds is 6. The fourth-order valence-corrected chi connectivity index (χ4v) is 5.52. The lowest BCUT2D eigenvalue weighted by molar-refractivity contribution is -0.130. The number of carbonyl (C=O) groups is 1. The highest BCUT2D eigenvalue weighted by atomic mass is 32.2. The van der Waals surface area contributed by atoms with E-state index in [1.54, 1.807) is 4.90 Å². The molecule has 0 radical (unpaired) electrons. The molecule has 2 aromatic carbocycles. The van der Waals surface area contributed by atoms with Crippen molar-refractivity contribution in [2.75, 3.05) is 26.2 Å². The molecular formula is C22H25F2N3O3S. The van der Waals surface area contributed by atoms with Crippen LogP contribution < -0.4 is 4.72 Å². The number of likely N-dealkylation sites (tertiary alicyclic amines) is 1. The molecule has 9 heteroatoms. The molecule has 0 bridgehead atoms.